The van der Waals surface area contributed by atoms with Crippen LogP contribution in [0.25, 0.3) is 10.9 Å². The highest BCUT2D eigenvalue weighted by molar-refractivity contribution is 5.94. The van der Waals surface area contributed by atoms with E-state index in [0.717, 1.165) is 60.9 Å². The SMILES string of the molecule is COc1ccc2c3c([nH]c2c1)[C@H](CO)N(C(=O)C1CCCC1)CC31CCN(C(=O)c2ccncc2)CC1. The molecule has 37 heavy (non-hydrogen) atoms. The predicted octanol–water partition coefficient (Wildman–Crippen LogP) is 3.81. The largest absolute Gasteiger partial charge is 0.497 e. The number of pyridine rings is 1. The molecule has 1 atom stereocenters. The van der Waals surface area contributed by atoms with Crippen LogP contribution >= 0.6 is 0 Å². The second kappa shape index (κ2) is 9.49. The summed E-state index contributed by atoms with van der Waals surface area (Å²) in [6.45, 7) is 1.66. The molecule has 1 saturated heterocycles. The molecule has 1 aromatic carbocycles. The van der Waals surface area contributed by atoms with Gasteiger partial charge >= 0.3 is 0 Å². The number of aromatic nitrogens is 2. The second-order valence-electron chi connectivity index (χ2n) is 10.8. The fourth-order valence-corrected chi connectivity index (χ4v) is 6.87. The van der Waals surface area contributed by atoms with Crippen molar-refractivity contribution in [3.05, 3.63) is 59.5 Å². The van der Waals surface area contributed by atoms with Crippen molar-refractivity contribution in [2.75, 3.05) is 33.4 Å². The van der Waals surface area contributed by atoms with Crippen molar-refractivity contribution in [2.45, 2.75) is 50.0 Å². The molecule has 2 fully saturated rings. The number of likely N-dealkylation sites (tertiary alicyclic amines) is 1. The number of ether oxygens (including phenoxy) is 1. The van der Waals surface area contributed by atoms with Gasteiger partial charge in [-0.2, -0.15) is 0 Å². The number of hydrogen-bond donors (Lipinski definition) is 2. The molecule has 1 aliphatic carbocycles. The smallest absolute Gasteiger partial charge is 0.253 e. The topological polar surface area (TPSA) is 98.8 Å². The number of benzene rings is 1. The predicted molar refractivity (Wildman–Crippen MR) is 139 cm³/mol. The molecule has 3 aliphatic rings. The number of amides is 2. The lowest BCUT2D eigenvalue weighted by molar-refractivity contribution is -0.141. The van der Waals surface area contributed by atoms with Gasteiger partial charge < -0.3 is 24.6 Å². The Morgan fingerprint density at radius 2 is 1.86 bits per heavy atom. The van der Waals surface area contributed by atoms with Crippen LogP contribution in [-0.2, 0) is 10.2 Å². The van der Waals surface area contributed by atoms with Gasteiger partial charge in [0.2, 0.25) is 5.91 Å². The molecule has 6 rings (SSSR count). The van der Waals surface area contributed by atoms with Crippen LogP contribution in [0.5, 0.6) is 5.75 Å². The molecular formula is C29H34N4O4. The zero-order valence-electron chi connectivity index (χ0n) is 21.3. The van der Waals surface area contributed by atoms with Crippen molar-refractivity contribution in [1.29, 1.82) is 0 Å². The van der Waals surface area contributed by atoms with E-state index in [4.69, 9.17) is 4.74 Å². The van der Waals surface area contributed by atoms with E-state index < -0.39 is 6.04 Å². The summed E-state index contributed by atoms with van der Waals surface area (Å²) in [7, 11) is 1.65. The van der Waals surface area contributed by atoms with Crippen molar-refractivity contribution in [2.24, 2.45) is 5.92 Å². The van der Waals surface area contributed by atoms with E-state index in [1.807, 2.05) is 21.9 Å². The molecule has 2 aliphatic heterocycles. The van der Waals surface area contributed by atoms with Gasteiger partial charge in [0.05, 0.1) is 19.8 Å². The molecule has 2 amide bonds. The van der Waals surface area contributed by atoms with Crippen LogP contribution < -0.4 is 4.74 Å². The molecule has 0 bridgehead atoms. The Kier molecular flexibility index (Phi) is 6.15. The summed E-state index contributed by atoms with van der Waals surface area (Å²) < 4.78 is 5.47. The van der Waals surface area contributed by atoms with Crippen molar-refractivity contribution >= 4 is 22.7 Å². The third-order valence-electron chi connectivity index (χ3n) is 8.84. The van der Waals surface area contributed by atoms with E-state index in [-0.39, 0.29) is 29.8 Å². The first-order valence-electron chi connectivity index (χ1n) is 13.4. The van der Waals surface area contributed by atoms with Crippen LogP contribution in [0.3, 0.4) is 0 Å². The van der Waals surface area contributed by atoms with Crippen LogP contribution in [0.15, 0.2) is 42.7 Å². The number of aliphatic hydroxyl groups is 1. The maximum Gasteiger partial charge on any atom is 0.253 e. The maximum absolute atomic E-state index is 13.8. The van der Waals surface area contributed by atoms with E-state index in [0.29, 0.717) is 25.2 Å². The highest BCUT2D eigenvalue weighted by atomic mass is 16.5. The Hall–Kier alpha value is -3.39. The van der Waals surface area contributed by atoms with Crippen molar-refractivity contribution < 1.29 is 19.4 Å². The number of piperidine rings is 1. The quantitative estimate of drug-likeness (QED) is 0.565. The molecule has 8 nitrogen and oxygen atoms in total. The molecule has 2 aromatic heterocycles. The average molecular weight is 503 g/mol. The Morgan fingerprint density at radius 3 is 2.54 bits per heavy atom. The zero-order chi connectivity index (χ0) is 25.6. The lowest BCUT2D eigenvalue weighted by Gasteiger charge is -2.50. The lowest BCUT2D eigenvalue weighted by atomic mass is 9.68. The van der Waals surface area contributed by atoms with Crippen LogP contribution in [0, 0.1) is 5.92 Å². The summed E-state index contributed by atoms with van der Waals surface area (Å²) in [5, 5.41) is 11.7. The Balaban J connectivity index is 1.39. The maximum atomic E-state index is 13.8. The third-order valence-corrected chi connectivity index (χ3v) is 8.84. The number of hydrogen-bond acceptors (Lipinski definition) is 5. The number of carbonyl (C=O) groups is 2. The summed E-state index contributed by atoms with van der Waals surface area (Å²) in [6, 6.07) is 9.15. The summed E-state index contributed by atoms with van der Waals surface area (Å²) >= 11 is 0. The molecule has 2 N–H and O–H groups in total. The number of aliphatic hydroxyl groups excluding tert-OH is 1. The van der Waals surface area contributed by atoms with Crippen molar-refractivity contribution in [3.63, 3.8) is 0 Å². The van der Waals surface area contributed by atoms with Gasteiger partial charge in [-0.3, -0.25) is 14.6 Å². The minimum Gasteiger partial charge on any atom is -0.497 e. The van der Waals surface area contributed by atoms with Crippen molar-refractivity contribution in [3.8, 4) is 5.75 Å². The molecule has 0 radical (unpaired) electrons. The number of methoxy groups -OCH3 is 1. The second-order valence-corrected chi connectivity index (χ2v) is 10.8. The fourth-order valence-electron chi connectivity index (χ4n) is 6.87. The monoisotopic (exact) mass is 502 g/mol. The Bertz CT molecular complexity index is 1310. The summed E-state index contributed by atoms with van der Waals surface area (Å²) in [5.74, 6) is 0.972. The zero-order valence-corrected chi connectivity index (χ0v) is 21.3. The minimum atomic E-state index is -0.399. The number of H-pyrrole nitrogens is 1. The summed E-state index contributed by atoms with van der Waals surface area (Å²) in [5.41, 5.74) is 3.42. The van der Waals surface area contributed by atoms with Crippen LogP contribution in [0.2, 0.25) is 0 Å². The van der Waals surface area contributed by atoms with E-state index in [1.54, 1.807) is 31.6 Å². The van der Waals surface area contributed by atoms with Gasteiger partial charge in [0.25, 0.3) is 5.91 Å². The number of carbonyl (C=O) groups excluding carboxylic acids is 2. The minimum absolute atomic E-state index is 0.0177. The summed E-state index contributed by atoms with van der Waals surface area (Å²) in [6.07, 6.45) is 8.81. The van der Waals surface area contributed by atoms with Crippen LogP contribution in [-0.4, -0.2) is 70.0 Å². The van der Waals surface area contributed by atoms with E-state index in [9.17, 15) is 14.7 Å². The Morgan fingerprint density at radius 1 is 1.14 bits per heavy atom. The van der Waals surface area contributed by atoms with Gasteiger partial charge in [0.15, 0.2) is 0 Å². The Labute approximate surface area is 216 Å². The first-order chi connectivity index (χ1) is 18.0. The molecule has 3 aromatic rings. The highest BCUT2D eigenvalue weighted by Gasteiger charge is 2.50. The fraction of sp³-hybridized carbons (Fsp3) is 0.483. The first-order valence-corrected chi connectivity index (χ1v) is 13.4. The van der Waals surface area contributed by atoms with Gasteiger partial charge in [-0.25, -0.2) is 0 Å². The first kappa shape index (κ1) is 24.0. The average Bonchev–Trinajstić information content (AvgIpc) is 3.62. The van der Waals surface area contributed by atoms with Crippen LogP contribution in [0.4, 0.5) is 0 Å². The molecule has 1 spiro atoms. The van der Waals surface area contributed by atoms with E-state index in [2.05, 4.69) is 16.0 Å². The lowest BCUT2D eigenvalue weighted by Crippen LogP contribution is -2.56. The molecule has 0 unspecified atom stereocenters. The van der Waals surface area contributed by atoms with E-state index in [1.165, 1.54) is 5.56 Å². The van der Waals surface area contributed by atoms with Gasteiger partial charge in [0.1, 0.15) is 5.75 Å². The number of nitrogens with one attached hydrogen (secondary N) is 1. The summed E-state index contributed by atoms with van der Waals surface area (Å²) in [4.78, 5) is 38.4. The van der Waals surface area contributed by atoms with E-state index >= 15 is 0 Å². The van der Waals surface area contributed by atoms with Crippen molar-refractivity contribution in [1.82, 2.24) is 19.8 Å². The number of fused-ring (bicyclic) bond motifs is 4. The van der Waals surface area contributed by atoms with Gasteiger partial charge in [-0.15, -0.1) is 0 Å². The third kappa shape index (κ3) is 3.98. The molecule has 1 saturated carbocycles. The number of nitrogens with zero attached hydrogens (tertiary/aromatic N) is 3. The van der Waals surface area contributed by atoms with Gasteiger partial charge in [0, 0.05) is 71.6 Å². The standard InChI is InChI=1S/C29H34N4O4/c1-37-21-6-7-22-23(16-21)31-26-24(17-34)33(28(36)19-4-2-3-5-19)18-29(25(22)26)10-14-32(15-11-29)27(35)20-8-12-30-13-9-20/h6-9,12-13,16,19,24,31,34H,2-5,10-11,14-15,17-18H2,1H3/t24-/m0/s1. The van der Waals surface area contributed by atoms with Crippen LogP contribution in [0.1, 0.15) is 66.2 Å². The molecule has 8 heteroatoms. The molecule has 4 heterocycles. The van der Waals surface area contributed by atoms with Gasteiger partial charge in [-0.05, 0) is 55.5 Å². The molecular weight excluding hydrogens is 468 g/mol. The van der Waals surface area contributed by atoms with Gasteiger partial charge in [-0.1, -0.05) is 12.8 Å². The number of rotatable bonds is 4. The normalized spacial score (nSPS) is 21.4. The molecule has 194 valence electrons. The highest BCUT2D eigenvalue weighted by Crippen LogP contribution is 2.50. The number of aromatic amines is 1.